The second-order valence-electron chi connectivity index (χ2n) is 5.17. The first-order chi connectivity index (χ1) is 10.1. The molecular formula is C12H18BrN7S. The molecule has 0 aromatic carbocycles. The molecule has 0 saturated heterocycles. The molecule has 114 valence electrons. The van der Waals surface area contributed by atoms with Crippen LogP contribution in [0.3, 0.4) is 0 Å². The molecule has 7 nitrogen and oxygen atoms in total. The fraction of sp³-hybridized carbons (Fsp3) is 0.667. The molecule has 1 aliphatic carbocycles. The molecule has 1 saturated carbocycles. The maximum absolute atomic E-state index is 4.40. The smallest absolute Gasteiger partial charge is 0.209 e. The largest absolute Gasteiger partial charge is 0.312 e. The summed E-state index contributed by atoms with van der Waals surface area (Å²) in [5.74, 6) is 0.786. The summed E-state index contributed by atoms with van der Waals surface area (Å²) in [5, 5.41) is 20.7. The molecule has 3 rings (SSSR count). The van der Waals surface area contributed by atoms with Crippen molar-refractivity contribution in [1.82, 2.24) is 35.3 Å². The molecule has 2 aromatic rings. The zero-order chi connectivity index (χ0) is 14.8. The Bertz CT molecular complexity index is 619. The quantitative estimate of drug-likeness (QED) is 0.743. The van der Waals surface area contributed by atoms with Crippen LogP contribution in [0.1, 0.15) is 24.2 Å². The predicted molar refractivity (Wildman–Crippen MR) is 84.0 cm³/mol. The lowest BCUT2D eigenvalue weighted by atomic mass is 10.4. The van der Waals surface area contributed by atoms with Crippen LogP contribution < -0.4 is 5.32 Å². The minimum Gasteiger partial charge on any atom is -0.312 e. The SMILES string of the molecule is Cc1nn(C)c(CSc2nnnn2CCNC2CC2)c1Br. The first-order valence-corrected chi connectivity index (χ1v) is 8.73. The number of aromatic nitrogens is 6. The Kier molecular flexibility index (Phi) is 4.60. The monoisotopic (exact) mass is 371 g/mol. The van der Waals surface area contributed by atoms with Gasteiger partial charge in [0.2, 0.25) is 5.16 Å². The summed E-state index contributed by atoms with van der Waals surface area (Å²) >= 11 is 5.21. The first-order valence-electron chi connectivity index (χ1n) is 6.95. The van der Waals surface area contributed by atoms with Crippen LogP contribution in [-0.4, -0.2) is 42.6 Å². The van der Waals surface area contributed by atoms with Gasteiger partial charge in [0.05, 0.1) is 22.4 Å². The van der Waals surface area contributed by atoms with Gasteiger partial charge in [-0.3, -0.25) is 4.68 Å². The van der Waals surface area contributed by atoms with Crippen LogP contribution in [0.2, 0.25) is 0 Å². The van der Waals surface area contributed by atoms with E-state index in [1.54, 1.807) is 11.8 Å². The van der Waals surface area contributed by atoms with Gasteiger partial charge in [-0.1, -0.05) is 11.8 Å². The van der Waals surface area contributed by atoms with Gasteiger partial charge >= 0.3 is 0 Å². The van der Waals surface area contributed by atoms with Crippen LogP contribution in [0.15, 0.2) is 9.63 Å². The average molecular weight is 372 g/mol. The number of nitrogens with one attached hydrogen (secondary N) is 1. The fourth-order valence-electron chi connectivity index (χ4n) is 2.07. The highest BCUT2D eigenvalue weighted by molar-refractivity contribution is 9.10. The van der Waals surface area contributed by atoms with E-state index < -0.39 is 0 Å². The summed E-state index contributed by atoms with van der Waals surface area (Å²) in [6, 6.07) is 0.714. The van der Waals surface area contributed by atoms with Gasteiger partial charge in [0, 0.05) is 25.4 Å². The third-order valence-electron chi connectivity index (χ3n) is 3.43. The molecule has 0 bridgehead atoms. The van der Waals surface area contributed by atoms with Gasteiger partial charge in [-0.05, 0) is 46.1 Å². The van der Waals surface area contributed by atoms with E-state index in [9.17, 15) is 0 Å². The van der Waals surface area contributed by atoms with Crippen LogP contribution in [0.4, 0.5) is 0 Å². The van der Waals surface area contributed by atoms with Gasteiger partial charge in [-0.15, -0.1) is 5.10 Å². The Labute approximate surface area is 136 Å². The Hall–Kier alpha value is -0.930. The molecule has 0 radical (unpaired) electrons. The van der Waals surface area contributed by atoms with E-state index in [1.165, 1.54) is 12.8 Å². The highest BCUT2D eigenvalue weighted by atomic mass is 79.9. The van der Waals surface area contributed by atoms with Crippen molar-refractivity contribution in [3.8, 4) is 0 Å². The number of rotatable bonds is 7. The van der Waals surface area contributed by atoms with E-state index in [1.807, 2.05) is 23.3 Å². The molecule has 0 aliphatic heterocycles. The molecule has 1 fully saturated rings. The molecular weight excluding hydrogens is 354 g/mol. The number of hydrogen-bond donors (Lipinski definition) is 1. The normalized spacial score (nSPS) is 14.8. The maximum atomic E-state index is 4.40. The van der Waals surface area contributed by atoms with Crippen molar-refractivity contribution in [2.75, 3.05) is 6.54 Å². The average Bonchev–Trinajstić information content (AvgIpc) is 3.11. The molecule has 0 spiro atoms. The molecule has 9 heteroatoms. The zero-order valence-electron chi connectivity index (χ0n) is 12.1. The molecule has 0 unspecified atom stereocenters. The van der Waals surface area contributed by atoms with Gasteiger partial charge in [0.25, 0.3) is 0 Å². The van der Waals surface area contributed by atoms with Crippen molar-refractivity contribution in [1.29, 1.82) is 0 Å². The highest BCUT2D eigenvalue weighted by Crippen LogP contribution is 2.27. The van der Waals surface area contributed by atoms with Gasteiger partial charge in [0.1, 0.15) is 0 Å². The maximum Gasteiger partial charge on any atom is 0.209 e. The topological polar surface area (TPSA) is 73.5 Å². The van der Waals surface area contributed by atoms with Gasteiger partial charge in [0.15, 0.2) is 0 Å². The minimum absolute atomic E-state index is 0.714. The zero-order valence-corrected chi connectivity index (χ0v) is 14.5. The summed E-state index contributed by atoms with van der Waals surface area (Å²) < 4.78 is 4.82. The second kappa shape index (κ2) is 6.45. The van der Waals surface area contributed by atoms with Crippen molar-refractivity contribution < 1.29 is 0 Å². The lowest BCUT2D eigenvalue weighted by molar-refractivity contribution is 0.509. The van der Waals surface area contributed by atoms with E-state index in [2.05, 4.69) is 41.9 Å². The molecule has 0 amide bonds. The third kappa shape index (κ3) is 3.64. The summed E-state index contributed by atoms with van der Waals surface area (Å²) in [7, 11) is 1.95. The van der Waals surface area contributed by atoms with Crippen LogP contribution >= 0.6 is 27.7 Å². The lowest BCUT2D eigenvalue weighted by Gasteiger charge is -2.06. The van der Waals surface area contributed by atoms with Crippen LogP contribution in [-0.2, 0) is 19.3 Å². The Balaban J connectivity index is 1.58. The number of thioether (sulfide) groups is 1. The number of hydrogen-bond acceptors (Lipinski definition) is 6. The van der Waals surface area contributed by atoms with Crippen LogP contribution in [0.25, 0.3) is 0 Å². The van der Waals surface area contributed by atoms with E-state index >= 15 is 0 Å². The van der Waals surface area contributed by atoms with Crippen molar-refractivity contribution in [2.24, 2.45) is 7.05 Å². The fourth-order valence-corrected chi connectivity index (χ4v) is 3.70. The van der Waals surface area contributed by atoms with E-state index in [-0.39, 0.29) is 0 Å². The molecule has 21 heavy (non-hydrogen) atoms. The second-order valence-corrected chi connectivity index (χ2v) is 6.91. The summed E-state index contributed by atoms with van der Waals surface area (Å²) in [4.78, 5) is 0. The molecule has 1 aliphatic rings. The molecule has 1 N–H and O–H groups in total. The van der Waals surface area contributed by atoms with Crippen molar-refractivity contribution in [3.05, 3.63) is 15.9 Å². The molecule has 2 heterocycles. The van der Waals surface area contributed by atoms with Crippen LogP contribution in [0.5, 0.6) is 0 Å². The minimum atomic E-state index is 0.714. The van der Waals surface area contributed by atoms with Crippen molar-refractivity contribution in [2.45, 2.75) is 43.3 Å². The number of nitrogens with zero attached hydrogens (tertiary/aromatic N) is 6. The van der Waals surface area contributed by atoms with Gasteiger partial charge < -0.3 is 5.32 Å². The summed E-state index contributed by atoms with van der Waals surface area (Å²) in [5.41, 5.74) is 2.14. The van der Waals surface area contributed by atoms with Crippen molar-refractivity contribution in [3.63, 3.8) is 0 Å². The van der Waals surface area contributed by atoms with E-state index in [0.717, 1.165) is 39.9 Å². The summed E-state index contributed by atoms with van der Waals surface area (Å²) in [6.45, 7) is 3.71. The highest BCUT2D eigenvalue weighted by Gasteiger charge is 2.20. The first kappa shape index (κ1) is 15.0. The van der Waals surface area contributed by atoms with Gasteiger partial charge in [-0.25, -0.2) is 4.68 Å². The molecule has 2 aromatic heterocycles. The van der Waals surface area contributed by atoms with Gasteiger partial charge in [-0.2, -0.15) is 5.10 Å². The third-order valence-corrected chi connectivity index (χ3v) is 5.43. The number of tetrazole rings is 1. The Morgan fingerprint density at radius 1 is 1.43 bits per heavy atom. The Morgan fingerprint density at radius 3 is 2.90 bits per heavy atom. The lowest BCUT2D eigenvalue weighted by Crippen LogP contribution is -2.22. The number of aryl methyl sites for hydroxylation is 2. The van der Waals surface area contributed by atoms with Crippen molar-refractivity contribution >= 4 is 27.7 Å². The number of halogens is 1. The molecule has 0 atom stereocenters. The summed E-state index contributed by atoms with van der Waals surface area (Å²) in [6.07, 6.45) is 2.59. The Morgan fingerprint density at radius 2 is 2.24 bits per heavy atom. The predicted octanol–water partition coefficient (Wildman–Crippen LogP) is 1.52. The van der Waals surface area contributed by atoms with E-state index in [4.69, 9.17) is 0 Å². The van der Waals surface area contributed by atoms with Crippen LogP contribution in [0, 0.1) is 6.92 Å². The standard InChI is InChI=1S/C12H18BrN7S/c1-8-11(13)10(19(2)16-8)7-21-12-15-17-18-20(12)6-5-14-9-3-4-9/h9,14H,3-7H2,1-2H3. The van der Waals surface area contributed by atoms with E-state index in [0.29, 0.717) is 6.04 Å².